The van der Waals surface area contributed by atoms with Gasteiger partial charge >= 0.3 is 0 Å². The molecule has 0 spiro atoms. The Hall–Kier alpha value is -0.130. The maximum atomic E-state index is 10.8. The van der Waals surface area contributed by atoms with E-state index in [0.29, 0.717) is 17.9 Å². The summed E-state index contributed by atoms with van der Waals surface area (Å²) in [5.74, 6) is 0.816. The van der Waals surface area contributed by atoms with E-state index in [0.717, 1.165) is 38.2 Å². The molecule has 0 aromatic carbocycles. The average Bonchev–Trinajstić information content (AvgIpc) is 2.18. The molecule has 0 heterocycles. The molecule has 1 saturated carbocycles. The Kier molecular flexibility index (Phi) is 6.27. The van der Waals surface area contributed by atoms with E-state index in [-0.39, 0.29) is 5.75 Å². The van der Waals surface area contributed by atoms with Crippen molar-refractivity contribution >= 4 is 10.0 Å². The Morgan fingerprint density at radius 3 is 2.47 bits per heavy atom. The zero-order valence-corrected chi connectivity index (χ0v) is 13.3. The Morgan fingerprint density at radius 2 is 1.89 bits per heavy atom. The summed E-state index contributed by atoms with van der Waals surface area (Å²) in [5, 5.41) is 4.95. The van der Waals surface area contributed by atoms with Crippen LogP contribution >= 0.6 is 0 Å². The first-order valence-corrected chi connectivity index (χ1v) is 9.01. The minimum Gasteiger partial charge on any atom is -0.378 e. The van der Waals surface area contributed by atoms with E-state index in [1.54, 1.807) is 0 Å². The van der Waals surface area contributed by atoms with Crippen LogP contribution in [0.2, 0.25) is 0 Å². The van der Waals surface area contributed by atoms with Crippen LogP contribution in [0.4, 0.5) is 0 Å². The third-order valence-electron chi connectivity index (χ3n) is 3.77. The lowest BCUT2D eigenvalue weighted by Crippen LogP contribution is -2.32. The maximum absolute atomic E-state index is 10.8. The molecule has 114 valence electrons. The summed E-state index contributed by atoms with van der Waals surface area (Å²) in [6.07, 6.45) is 6.35. The zero-order chi connectivity index (χ0) is 14.5. The van der Waals surface area contributed by atoms with Crippen LogP contribution in [0.1, 0.15) is 59.3 Å². The molecule has 0 saturated heterocycles. The second-order valence-electron chi connectivity index (χ2n) is 6.83. The van der Waals surface area contributed by atoms with E-state index in [9.17, 15) is 8.42 Å². The minimum absolute atomic E-state index is 0.0838. The van der Waals surface area contributed by atoms with Crippen LogP contribution in [0.3, 0.4) is 0 Å². The molecule has 0 bridgehead atoms. The second-order valence-corrected chi connectivity index (χ2v) is 8.57. The van der Waals surface area contributed by atoms with Gasteiger partial charge in [-0.15, -0.1) is 0 Å². The lowest BCUT2D eigenvalue weighted by Gasteiger charge is -2.38. The number of rotatable bonds is 7. The number of ether oxygens (including phenoxy) is 1. The summed E-state index contributed by atoms with van der Waals surface area (Å²) in [6, 6.07) is 0. The van der Waals surface area contributed by atoms with Crippen LogP contribution in [0.15, 0.2) is 0 Å². The van der Waals surface area contributed by atoms with Crippen molar-refractivity contribution in [1.82, 2.24) is 0 Å². The third kappa shape index (κ3) is 7.90. The molecule has 5 heteroatoms. The quantitative estimate of drug-likeness (QED) is 0.733. The van der Waals surface area contributed by atoms with Gasteiger partial charge in [-0.05, 0) is 43.4 Å². The largest absolute Gasteiger partial charge is 0.378 e. The number of nitrogens with two attached hydrogens (primary N) is 1. The Morgan fingerprint density at radius 1 is 1.21 bits per heavy atom. The van der Waals surface area contributed by atoms with Gasteiger partial charge in [0.25, 0.3) is 0 Å². The van der Waals surface area contributed by atoms with Crippen molar-refractivity contribution in [2.24, 2.45) is 16.5 Å². The molecule has 1 aliphatic rings. The molecular weight excluding hydrogens is 262 g/mol. The van der Waals surface area contributed by atoms with Gasteiger partial charge in [-0.2, -0.15) is 0 Å². The van der Waals surface area contributed by atoms with Crippen molar-refractivity contribution in [3.8, 4) is 0 Å². The van der Waals surface area contributed by atoms with Gasteiger partial charge in [-0.25, -0.2) is 13.6 Å². The van der Waals surface area contributed by atoms with Crippen LogP contribution < -0.4 is 5.14 Å². The highest BCUT2D eigenvalue weighted by molar-refractivity contribution is 7.89. The van der Waals surface area contributed by atoms with Crippen LogP contribution in [0.5, 0.6) is 0 Å². The molecule has 1 fully saturated rings. The fourth-order valence-electron chi connectivity index (χ4n) is 3.22. The van der Waals surface area contributed by atoms with Crippen molar-refractivity contribution in [2.45, 2.75) is 65.4 Å². The van der Waals surface area contributed by atoms with E-state index in [1.165, 1.54) is 6.42 Å². The van der Waals surface area contributed by atoms with E-state index in [1.807, 2.05) is 0 Å². The van der Waals surface area contributed by atoms with Gasteiger partial charge in [0.1, 0.15) is 0 Å². The molecule has 2 unspecified atom stereocenters. The maximum Gasteiger partial charge on any atom is 0.209 e. The molecule has 0 amide bonds. The highest BCUT2D eigenvalue weighted by atomic mass is 32.2. The van der Waals surface area contributed by atoms with Crippen molar-refractivity contribution in [1.29, 1.82) is 0 Å². The Balaban J connectivity index is 2.12. The molecule has 1 rings (SSSR count). The van der Waals surface area contributed by atoms with Gasteiger partial charge in [0.15, 0.2) is 0 Å². The molecular formula is C14H29NO3S. The van der Waals surface area contributed by atoms with E-state index in [4.69, 9.17) is 9.88 Å². The highest BCUT2D eigenvalue weighted by Gasteiger charge is 2.32. The third-order valence-corrected chi connectivity index (χ3v) is 4.63. The van der Waals surface area contributed by atoms with Crippen LogP contribution in [0, 0.1) is 11.3 Å². The first kappa shape index (κ1) is 16.9. The van der Waals surface area contributed by atoms with Crippen LogP contribution in [-0.4, -0.2) is 26.9 Å². The summed E-state index contributed by atoms with van der Waals surface area (Å²) in [4.78, 5) is 0. The van der Waals surface area contributed by atoms with Crippen LogP contribution in [0.25, 0.3) is 0 Å². The number of primary sulfonamides is 1. The number of hydrogen-bond acceptors (Lipinski definition) is 3. The van der Waals surface area contributed by atoms with E-state index in [2.05, 4.69) is 20.8 Å². The molecule has 1 aliphatic carbocycles. The first-order valence-electron chi connectivity index (χ1n) is 7.30. The summed E-state index contributed by atoms with van der Waals surface area (Å²) in [6.45, 7) is 7.65. The first-order chi connectivity index (χ1) is 8.68. The van der Waals surface area contributed by atoms with Gasteiger partial charge in [-0.3, -0.25) is 0 Å². The van der Waals surface area contributed by atoms with E-state index < -0.39 is 10.0 Å². The topological polar surface area (TPSA) is 69.4 Å². The molecule has 4 nitrogen and oxygen atoms in total. The molecule has 2 N–H and O–H groups in total. The summed E-state index contributed by atoms with van der Waals surface area (Å²) >= 11 is 0. The van der Waals surface area contributed by atoms with Gasteiger partial charge in [0.2, 0.25) is 10.0 Å². The normalized spacial score (nSPS) is 27.4. The lowest BCUT2D eigenvalue weighted by molar-refractivity contribution is -0.0239. The highest BCUT2D eigenvalue weighted by Crippen LogP contribution is 2.39. The summed E-state index contributed by atoms with van der Waals surface area (Å²) in [5.41, 5.74) is 0.385. The fraction of sp³-hybridized carbons (Fsp3) is 1.00. The van der Waals surface area contributed by atoms with Crippen molar-refractivity contribution in [2.75, 3.05) is 12.4 Å². The zero-order valence-electron chi connectivity index (χ0n) is 12.5. The monoisotopic (exact) mass is 291 g/mol. The minimum atomic E-state index is -3.30. The van der Waals surface area contributed by atoms with Crippen LogP contribution in [-0.2, 0) is 14.8 Å². The second kappa shape index (κ2) is 7.04. The lowest BCUT2D eigenvalue weighted by atomic mass is 9.71. The van der Waals surface area contributed by atoms with Crippen molar-refractivity contribution in [3.63, 3.8) is 0 Å². The number of unbranched alkanes of at least 4 members (excludes halogenated alkanes) is 2. The molecule has 2 atom stereocenters. The predicted octanol–water partition coefficient (Wildman–Crippen LogP) is 2.68. The summed E-state index contributed by atoms with van der Waals surface area (Å²) in [7, 11) is -3.30. The van der Waals surface area contributed by atoms with Crippen molar-refractivity contribution in [3.05, 3.63) is 0 Å². The summed E-state index contributed by atoms with van der Waals surface area (Å²) < 4.78 is 27.5. The SMILES string of the molecule is CC1CC(OCCCCCS(N)(=O)=O)CC(C)(C)C1. The molecule has 19 heavy (non-hydrogen) atoms. The fourth-order valence-corrected chi connectivity index (χ4v) is 3.82. The molecule has 0 aromatic rings. The van der Waals surface area contributed by atoms with Gasteiger partial charge in [-0.1, -0.05) is 27.2 Å². The van der Waals surface area contributed by atoms with Crippen molar-refractivity contribution < 1.29 is 13.2 Å². The average molecular weight is 291 g/mol. The number of hydrogen-bond donors (Lipinski definition) is 1. The van der Waals surface area contributed by atoms with Gasteiger partial charge < -0.3 is 4.74 Å². The Bertz CT molecular complexity index is 365. The smallest absolute Gasteiger partial charge is 0.209 e. The molecule has 0 aliphatic heterocycles. The predicted molar refractivity (Wildman–Crippen MR) is 78.4 cm³/mol. The van der Waals surface area contributed by atoms with Gasteiger partial charge in [0.05, 0.1) is 11.9 Å². The molecule has 0 radical (unpaired) electrons. The molecule has 0 aromatic heterocycles. The Labute approximate surface area is 118 Å². The number of sulfonamides is 1. The van der Waals surface area contributed by atoms with E-state index >= 15 is 0 Å². The standard InChI is InChI=1S/C14H29NO3S/c1-12-9-13(11-14(2,3)10-12)18-7-5-4-6-8-19(15,16)17/h12-13H,4-11H2,1-3H3,(H2,15,16,17). The van der Waals surface area contributed by atoms with Gasteiger partial charge in [0, 0.05) is 6.61 Å².